The molecule has 7 heteroatoms. The van der Waals surface area contributed by atoms with E-state index in [2.05, 4.69) is 11.0 Å². The number of hydrogen-bond acceptors (Lipinski definition) is 6. The summed E-state index contributed by atoms with van der Waals surface area (Å²) in [7, 11) is 3.29. The van der Waals surface area contributed by atoms with Gasteiger partial charge in [0.05, 0.1) is 36.4 Å². The van der Waals surface area contributed by atoms with Crippen LogP contribution in [-0.2, 0) is 4.79 Å². The van der Waals surface area contributed by atoms with E-state index in [4.69, 9.17) is 14.5 Å². The molecule has 1 atom stereocenters. The van der Waals surface area contributed by atoms with Crippen molar-refractivity contribution in [2.24, 2.45) is 5.92 Å². The lowest BCUT2D eigenvalue weighted by Crippen LogP contribution is -2.39. The van der Waals surface area contributed by atoms with Crippen LogP contribution in [0.2, 0.25) is 0 Å². The molecule has 0 spiro atoms. The van der Waals surface area contributed by atoms with Crippen LogP contribution in [0, 0.1) is 5.92 Å². The summed E-state index contributed by atoms with van der Waals surface area (Å²) in [6.45, 7) is 1.40. The SMILES string of the molecule is COc1ccc(C(c2nc3ccccc3s2)N2CCC(C(=O)O)CC2)c(OC)c1. The van der Waals surface area contributed by atoms with E-state index < -0.39 is 5.97 Å². The van der Waals surface area contributed by atoms with E-state index >= 15 is 0 Å². The number of likely N-dealkylation sites (tertiary alicyclic amines) is 1. The molecule has 0 radical (unpaired) electrons. The Labute approximate surface area is 173 Å². The van der Waals surface area contributed by atoms with Gasteiger partial charge in [-0.05, 0) is 50.2 Å². The number of hydrogen-bond donors (Lipinski definition) is 1. The first-order chi connectivity index (χ1) is 14.1. The maximum Gasteiger partial charge on any atom is 0.306 e. The summed E-state index contributed by atoms with van der Waals surface area (Å²) in [5.74, 6) is 0.496. The quantitative estimate of drug-likeness (QED) is 0.654. The van der Waals surface area contributed by atoms with Crippen molar-refractivity contribution in [2.45, 2.75) is 18.9 Å². The molecule has 1 aliphatic heterocycles. The summed E-state index contributed by atoms with van der Waals surface area (Å²) in [6, 6.07) is 13.9. The number of methoxy groups -OCH3 is 2. The Bertz CT molecular complexity index is 978. The first kappa shape index (κ1) is 19.7. The van der Waals surface area contributed by atoms with Gasteiger partial charge in [0.1, 0.15) is 16.5 Å². The molecule has 2 heterocycles. The summed E-state index contributed by atoms with van der Waals surface area (Å²) >= 11 is 1.67. The van der Waals surface area contributed by atoms with Gasteiger partial charge >= 0.3 is 5.97 Å². The van der Waals surface area contributed by atoms with E-state index in [9.17, 15) is 9.90 Å². The number of ether oxygens (including phenoxy) is 2. The molecule has 152 valence electrons. The monoisotopic (exact) mass is 412 g/mol. The molecule has 1 N–H and O–H groups in total. The third-order valence-electron chi connectivity index (χ3n) is 5.52. The van der Waals surface area contributed by atoms with Crippen molar-refractivity contribution < 1.29 is 19.4 Å². The van der Waals surface area contributed by atoms with Crippen LogP contribution in [0.3, 0.4) is 0 Å². The first-order valence-corrected chi connectivity index (χ1v) is 10.5. The zero-order valence-corrected chi connectivity index (χ0v) is 17.3. The molecule has 1 aromatic heterocycles. The van der Waals surface area contributed by atoms with Crippen molar-refractivity contribution in [3.8, 4) is 11.5 Å². The van der Waals surface area contributed by atoms with Crippen molar-refractivity contribution in [1.29, 1.82) is 0 Å². The van der Waals surface area contributed by atoms with Crippen molar-refractivity contribution in [1.82, 2.24) is 9.88 Å². The highest BCUT2D eigenvalue weighted by Gasteiger charge is 2.33. The van der Waals surface area contributed by atoms with Gasteiger partial charge in [-0.1, -0.05) is 12.1 Å². The van der Waals surface area contributed by atoms with Gasteiger partial charge < -0.3 is 14.6 Å². The largest absolute Gasteiger partial charge is 0.497 e. The molecule has 3 aromatic rings. The van der Waals surface area contributed by atoms with Crippen LogP contribution in [0.5, 0.6) is 11.5 Å². The number of para-hydroxylation sites is 1. The molecule has 1 saturated heterocycles. The van der Waals surface area contributed by atoms with Crippen LogP contribution < -0.4 is 9.47 Å². The van der Waals surface area contributed by atoms with Gasteiger partial charge in [-0.3, -0.25) is 9.69 Å². The summed E-state index contributed by atoms with van der Waals surface area (Å²) in [5, 5.41) is 10.4. The van der Waals surface area contributed by atoms with E-state index in [-0.39, 0.29) is 12.0 Å². The molecule has 29 heavy (non-hydrogen) atoms. The van der Waals surface area contributed by atoms with Crippen molar-refractivity contribution in [2.75, 3.05) is 27.3 Å². The van der Waals surface area contributed by atoms with Gasteiger partial charge in [0.15, 0.2) is 0 Å². The molecule has 1 aliphatic rings. The van der Waals surface area contributed by atoms with Gasteiger partial charge in [0.25, 0.3) is 0 Å². The molecule has 0 bridgehead atoms. The summed E-state index contributed by atoms with van der Waals surface area (Å²) in [4.78, 5) is 18.6. The normalized spacial score (nSPS) is 16.6. The molecule has 1 unspecified atom stereocenters. The van der Waals surface area contributed by atoms with Gasteiger partial charge in [0.2, 0.25) is 0 Å². The maximum atomic E-state index is 11.4. The third kappa shape index (κ3) is 3.93. The van der Waals surface area contributed by atoms with E-state index in [0.29, 0.717) is 25.9 Å². The fourth-order valence-corrected chi connectivity index (χ4v) is 5.06. The summed E-state index contributed by atoms with van der Waals surface area (Å²) < 4.78 is 12.2. The first-order valence-electron chi connectivity index (χ1n) is 9.65. The number of carboxylic acids is 1. The number of fused-ring (bicyclic) bond motifs is 1. The predicted octanol–water partition coefficient (Wildman–Crippen LogP) is 4.20. The lowest BCUT2D eigenvalue weighted by molar-refractivity contribution is -0.143. The number of thiazole rings is 1. The minimum atomic E-state index is -0.705. The molecule has 0 amide bonds. The minimum absolute atomic E-state index is 0.0944. The maximum absolute atomic E-state index is 11.4. The second-order valence-electron chi connectivity index (χ2n) is 7.18. The van der Waals surface area contributed by atoms with Crippen molar-refractivity contribution >= 4 is 27.5 Å². The lowest BCUT2D eigenvalue weighted by Gasteiger charge is -2.36. The molecule has 0 saturated carbocycles. The average molecular weight is 413 g/mol. The summed E-state index contributed by atoms with van der Waals surface area (Å²) in [6.07, 6.45) is 1.27. The predicted molar refractivity (Wildman–Crippen MR) is 113 cm³/mol. The Morgan fingerprint density at radius 1 is 1.17 bits per heavy atom. The second-order valence-corrected chi connectivity index (χ2v) is 8.24. The molecule has 4 rings (SSSR count). The van der Waals surface area contributed by atoms with Gasteiger partial charge in [-0.2, -0.15) is 0 Å². The van der Waals surface area contributed by atoms with Gasteiger partial charge in [0, 0.05) is 11.6 Å². The Kier molecular flexibility index (Phi) is 5.69. The highest BCUT2D eigenvalue weighted by atomic mass is 32.1. The van der Waals surface area contributed by atoms with Crippen LogP contribution in [0.4, 0.5) is 0 Å². The highest BCUT2D eigenvalue weighted by Crippen LogP contribution is 2.41. The number of carboxylic acid groups (broad SMARTS) is 1. The number of piperidine rings is 1. The van der Waals surface area contributed by atoms with Crippen LogP contribution in [0.25, 0.3) is 10.2 Å². The molecule has 0 aliphatic carbocycles. The smallest absolute Gasteiger partial charge is 0.306 e. The topological polar surface area (TPSA) is 71.9 Å². The van der Waals surface area contributed by atoms with E-state index in [0.717, 1.165) is 32.3 Å². The minimum Gasteiger partial charge on any atom is -0.497 e. The van der Waals surface area contributed by atoms with E-state index in [1.807, 2.05) is 36.4 Å². The van der Waals surface area contributed by atoms with Crippen molar-refractivity contribution in [3.63, 3.8) is 0 Å². The Morgan fingerprint density at radius 2 is 1.93 bits per heavy atom. The molecular formula is C22H24N2O4S. The Balaban J connectivity index is 1.76. The molecular weight excluding hydrogens is 388 g/mol. The van der Waals surface area contributed by atoms with Crippen LogP contribution in [0.1, 0.15) is 29.5 Å². The zero-order valence-electron chi connectivity index (χ0n) is 16.5. The van der Waals surface area contributed by atoms with Crippen LogP contribution >= 0.6 is 11.3 Å². The number of nitrogens with zero attached hydrogens (tertiary/aromatic N) is 2. The Hall–Kier alpha value is -2.64. The number of aromatic nitrogens is 1. The highest BCUT2D eigenvalue weighted by molar-refractivity contribution is 7.18. The number of rotatable bonds is 6. The zero-order chi connectivity index (χ0) is 20.4. The number of benzene rings is 2. The standard InChI is InChI=1S/C22H24N2O4S/c1-27-15-7-8-16(18(13-15)28-2)20(24-11-9-14(10-12-24)22(25)26)21-23-17-5-3-4-6-19(17)29-21/h3-8,13-14,20H,9-12H2,1-2H3,(H,25,26). The Morgan fingerprint density at radius 3 is 2.59 bits per heavy atom. The number of aliphatic carboxylic acids is 1. The van der Waals surface area contributed by atoms with Crippen LogP contribution in [0.15, 0.2) is 42.5 Å². The second kappa shape index (κ2) is 8.39. The molecule has 1 fully saturated rings. The molecule has 2 aromatic carbocycles. The van der Waals surface area contributed by atoms with Gasteiger partial charge in [-0.15, -0.1) is 11.3 Å². The van der Waals surface area contributed by atoms with Gasteiger partial charge in [-0.25, -0.2) is 4.98 Å². The number of carbonyl (C=O) groups is 1. The average Bonchev–Trinajstić information content (AvgIpc) is 3.18. The third-order valence-corrected chi connectivity index (χ3v) is 6.61. The fourth-order valence-electron chi connectivity index (χ4n) is 3.94. The van der Waals surface area contributed by atoms with E-state index in [1.54, 1.807) is 25.6 Å². The van der Waals surface area contributed by atoms with Crippen molar-refractivity contribution in [3.05, 3.63) is 53.0 Å². The van der Waals surface area contributed by atoms with E-state index in [1.165, 1.54) is 0 Å². The van der Waals surface area contributed by atoms with Crippen LogP contribution in [-0.4, -0.2) is 48.3 Å². The molecule has 6 nitrogen and oxygen atoms in total. The lowest BCUT2D eigenvalue weighted by atomic mass is 9.94. The summed E-state index contributed by atoms with van der Waals surface area (Å²) in [5.41, 5.74) is 1.99. The fraction of sp³-hybridized carbons (Fsp3) is 0.364.